The fourth-order valence-corrected chi connectivity index (χ4v) is 3.07. The number of nitrogens with one attached hydrogen (secondary N) is 1. The van der Waals surface area contributed by atoms with Gasteiger partial charge in [-0.05, 0) is 18.6 Å². The topological polar surface area (TPSA) is 37.3 Å². The molecule has 1 aliphatic heterocycles. The van der Waals surface area contributed by atoms with Gasteiger partial charge in [0.1, 0.15) is 0 Å². The fourth-order valence-electron chi connectivity index (χ4n) is 3.07. The highest BCUT2D eigenvalue weighted by molar-refractivity contribution is 5.93. The van der Waals surface area contributed by atoms with Gasteiger partial charge in [-0.15, -0.1) is 0 Å². The molecule has 4 nitrogen and oxygen atoms in total. The number of benzene rings is 1. The first-order valence-electron chi connectivity index (χ1n) is 7.24. The van der Waals surface area contributed by atoms with Gasteiger partial charge < -0.3 is 5.32 Å². The highest BCUT2D eigenvalue weighted by atomic mass is 16.1. The Morgan fingerprint density at radius 2 is 1.95 bits per heavy atom. The molecule has 0 aliphatic carbocycles. The standard InChI is InChI=1S/C16H21N3O/c1-12(18-9-7-17-8-10-18)15-11-19(13(2)20)16-6-4-3-5-14(15)16/h3-6,11-12,17H,7-10H2,1-2H3/t12-/m1/s1. The number of hydrogen-bond donors (Lipinski definition) is 1. The van der Waals surface area contributed by atoms with Crippen molar-refractivity contribution < 1.29 is 4.79 Å². The van der Waals surface area contributed by atoms with Crippen molar-refractivity contribution in [2.75, 3.05) is 26.2 Å². The second kappa shape index (κ2) is 5.38. The monoisotopic (exact) mass is 271 g/mol. The van der Waals surface area contributed by atoms with Crippen molar-refractivity contribution in [1.82, 2.24) is 14.8 Å². The van der Waals surface area contributed by atoms with E-state index in [9.17, 15) is 4.79 Å². The second-order valence-corrected chi connectivity index (χ2v) is 5.45. The molecular weight excluding hydrogens is 250 g/mol. The first-order chi connectivity index (χ1) is 9.68. The first-order valence-corrected chi connectivity index (χ1v) is 7.24. The molecule has 2 heterocycles. The summed E-state index contributed by atoms with van der Waals surface area (Å²) in [6, 6.07) is 8.50. The number of carbonyl (C=O) groups is 1. The summed E-state index contributed by atoms with van der Waals surface area (Å²) in [5, 5.41) is 4.57. The summed E-state index contributed by atoms with van der Waals surface area (Å²) in [6.45, 7) is 8.04. The van der Waals surface area contributed by atoms with Gasteiger partial charge in [-0.1, -0.05) is 18.2 Å². The van der Waals surface area contributed by atoms with E-state index < -0.39 is 0 Å². The fraction of sp³-hybridized carbons (Fsp3) is 0.438. The summed E-state index contributed by atoms with van der Waals surface area (Å²) < 4.78 is 1.77. The third-order valence-corrected chi connectivity index (χ3v) is 4.23. The highest BCUT2D eigenvalue weighted by Crippen LogP contribution is 2.30. The van der Waals surface area contributed by atoms with Crippen molar-refractivity contribution in [3.63, 3.8) is 0 Å². The Morgan fingerprint density at radius 3 is 2.65 bits per heavy atom. The Kier molecular flexibility index (Phi) is 3.59. The van der Waals surface area contributed by atoms with E-state index in [0.29, 0.717) is 6.04 Å². The van der Waals surface area contributed by atoms with Crippen LogP contribution in [0, 0.1) is 0 Å². The average Bonchev–Trinajstić information content (AvgIpc) is 2.87. The van der Waals surface area contributed by atoms with Crippen LogP contribution in [0.3, 0.4) is 0 Å². The summed E-state index contributed by atoms with van der Waals surface area (Å²) >= 11 is 0. The Labute approximate surface area is 119 Å². The molecule has 0 spiro atoms. The molecule has 20 heavy (non-hydrogen) atoms. The van der Waals surface area contributed by atoms with E-state index in [0.717, 1.165) is 31.7 Å². The van der Waals surface area contributed by atoms with Crippen LogP contribution in [0.2, 0.25) is 0 Å². The lowest BCUT2D eigenvalue weighted by molar-refractivity contribution is 0.0941. The Balaban J connectivity index is 2.04. The number of hydrogen-bond acceptors (Lipinski definition) is 3. The van der Waals surface area contributed by atoms with Crippen LogP contribution in [0.25, 0.3) is 10.9 Å². The SMILES string of the molecule is CC(=O)n1cc([C@@H](C)N2CCNCC2)c2ccccc21. The Morgan fingerprint density at radius 1 is 1.25 bits per heavy atom. The molecule has 106 valence electrons. The van der Waals surface area contributed by atoms with Crippen LogP contribution in [0.1, 0.15) is 30.2 Å². The predicted molar refractivity (Wildman–Crippen MR) is 81.1 cm³/mol. The normalized spacial score (nSPS) is 18.3. The van der Waals surface area contributed by atoms with E-state index in [2.05, 4.69) is 23.2 Å². The molecule has 1 atom stereocenters. The van der Waals surface area contributed by atoms with Gasteiger partial charge in [0.2, 0.25) is 5.91 Å². The van der Waals surface area contributed by atoms with Crippen molar-refractivity contribution in [2.24, 2.45) is 0 Å². The highest BCUT2D eigenvalue weighted by Gasteiger charge is 2.22. The molecule has 1 fully saturated rings. The molecule has 1 aliphatic rings. The summed E-state index contributed by atoms with van der Waals surface area (Å²) in [5.41, 5.74) is 2.26. The number of para-hydroxylation sites is 1. The molecule has 3 rings (SSSR count). The maximum atomic E-state index is 11.8. The molecule has 4 heteroatoms. The van der Waals surface area contributed by atoms with E-state index >= 15 is 0 Å². The third kappa shape index (κ3) is 2.25. The van der Waals surface area contributed by atoms with Crippen LogP contribution in [0.5, 0.6) is 0 Å². The quantitative estimate of drug-likeness (QED) is 0.910. The van der Waals surface area contributed by atoms with Gasteiger partial charge in [0.05, 0.1) is 5.52 Å². The van der Waals surface area contributed by atoms with Gasteiger partial charge in [0, 0.05) is 50.7 Å². The number of nitrogens with zero attached hydrogens (tertiary/aromatic N) is 2. The van der Waals surface area contributed by atoms with E-state index in [-0.39, 0.29) is 5.91 Å². The third-order valence-electron chi connectivity index (χ3n) is 4.23. The molecule has 1 aromatic heterocycles. The van der Waals surface area contributed by atoms with Gasteiger partial charge in [0.25, 0.3) is 0 Å². The molecule has 1 saturated heterocycles. The molecule has 0 bridgehead atoms. The Hall–Kier alpha value is -1.65. The van der Waals surface area contributed by atoms with Crippen LogP contribution in [-0.4, -0.2) is 41.6 Å². The Bertz CT molecular complexity index is 626. The number of aromatic nitrogens is 1. The van der Waals surface area contributed by atoms with E-state index in [4.69, 9.17) is 0 Å². The summed E-state index contributed by atoms with van der Waals surface area (Å²) in [5.74, 6) is 0.0694. The number of rotatable bonds is 2. The van der Waals surface area contributed by atoms with E-state index in [1.807, 2.05) is 24.4 Å². The minimum Gasteiger partial charge on any atom is -0.314 e. The van der Waals surface area contributed by atoms with Crippen LogP contribution in [-0.2, 0) is 0 Å². The number of piperazine rings is 1. The minimum atomic E-state index is 0.0694. The molecule has 0 radical (unpaired) electrons. The van der Waals surface area contributed by atoms with Crippen molar-refractivity contribution in [1.29, 1.82) is 0 Å². The maximum Gasteiger partial charge on any atom is 0.227 e. The van der Waals surface area contributed by atoms with Gasteiger partial charge in [-0.25, -0.2) is 0 Å². The van der Waals surface area contributed by atoms with Crippen molar-refractivity contribution in [3.05, 3.63) is 36.0 Å². The van der Waals surface area contributed by atoms with Crippen molar-refractivity contribution in [3.8, 4) is 0 Å². The van der Waals surface area contributed by atoms with E-state index in [1.165, 1.54) is 10.9 Å². The zero-order valence-corrected chi connectivity index (χ0v) is 12.1. The van der Waals surface area contributed by atoms with Gasteiger partial charge in [0.15, 0.2) is 0 Å². The molecule has 0 saturated carbocycles. The summed E-state index contributed by atoms with van der Waals surface area (Å²) in [7, 11) is 0. The smallest absolute Gasteiger partial charge is 0.227 e. The van der Waals surface area contributed by atoms with Crippen molar-refractivity contribution >= 4 is 16.8 Å². The van der Waals surface area contributed by atoms with E-state index in [1.54, 1.807) is 11.5 Å². The average molecular weight is 271 g/mol. The van der Waals surface area contributed by atoms with Crippen LogP contribution >= 0.6 is 0 Å². The second-order valence-electron chi connectivity index (χ2n) is 5.45. The first kappa shape index (κ1) is 13.3. The van der Waals surface area contributed by atoms with Crippen LogP contribution < -0.4 is 5.32 Å². The van der Waals surface area contributed by atoms with Crippen LogP contribution in [0.4, 0.5) is 0 Å². The minimum absolute atomic E-state index is 0.0694. The van der Waals surface area contributed by atoms with Gasteiger partial charge >= 0.3 is 0 Å². The van der Waals surface area contributed by atoms with Gasteiger partial charge in [-0.2, -0.15) is 0 Å². The lowest BCUT2D eigenvalue weighted by Gasteiger charge is -2.32. The van der Waals surface area contributed by atoms with Crippen molar-refractivity contribution in [2.45, 2.75) is 19.9 Å². The number of fused-ring (bicyclic) bond motifs is 1. The predicted octanol–water partition coefficient (Wildman–Crippen LogP) is 2.27. The number of carbonyl (C=O) groups excluding carboxylic acids is 1. The molecule has 0 unspecified atom stereocenters. The summed E-state index contributed by atoms with van der Waals surface area (Å²) in [4.78, 5) is 14.3. The molecule has 0 amide bonds. The lowest BCUT2D eigenvalue weighted by Crippen LogP contribution is -2.44. The molecule has 1 N–H and O–H groups in total. The van der Waals surface area contributed by atoms with Crippen LogP contribution in [0.15, 0.2) is 30.5 Å². The molecule has 2 aromatic rings. The summed E-state index contributed by atoms with van der Waals surface area (Å²) in [6.07, 6.45) is 2.01. The molecular formula is C16H21N3O. The zero-order valence-electron chi connectivity index (χ0n) is 12.1. The maximum absolute atomic E-state index is 11.8. The molecule has 1 aromatic carbocycles. The zero-order chi connectivity index (χ0) is 14.1. The largest absolute Gasteiger partial charge is 0.314 e. The van der Waals surface area contributed by atoms with Gasteiger partial charge in [-0.3, -0.25) is 14.3 Å². The lowest BCUT2D eigenvalue weighted by atomic mass is 10.1.